The molecule has 3 rings (SSSR count). The summed E-state index contributed by atoms with van der Waals surface area (Å²) in [5.74, 6) is -0.721. The first-order valence-corrected chi connectivity index (χ1v) is 9.51. The lowest BCUT2D eigenvalue weighted by molar-refractivity contribution is -0.114. The van der Waals surface area contributed by atoms with E-state index in [0.717, 1.165) is 10.8 Å². The van der Waals surface area contributed by atoms with E-state index >= 15 is 0 Å². The molecule has 0 saturated carbocycles. The van der Waals surface area contributed by atoms with Crippen molar-refractivity contribution in [3.05, 3.63) is 85.6 Å². The van der Waals surface area contributed by atoms with Crippen molar-refractivity contribution in [1.82, 2.24) is 9.55 Å². The molecule has 0 bridgehead atoms. The molecule has 0 fully saturated rings. The molecule has 2 aromatic carbocycles. The zero-order valence-electron chi connectivity index (χ0n) is 16.7. The van der Waals surface area contributed by atoms with E-state index in [1.54, 1.807) is 36.4 Å². The van der Waals surface area contributed by atoms with Gasteiger partial charge in [0.1, 0.15) is 11.3 Å². The molecule has 0 aliphatic heterocycles. The Bertz CT molecular complexity index is 1270. The van der Waals surface area contributed by atoms with Crippen LogP contribution in [0.15, 0.2) is 58.3 Å². The standard InChI is InChI=1S/C21H19ClN4O5/c1-12(27)24-14-7-8-18(31-2)17(9-14)25-19(28)15-10-23-21(30)26(20(15)29)11-13-5-3-4-6-16(13)22/h3-10H,11H2,1-2H3,(H,23,30)(H,24,27)(H,25,28). The van der Waals surface area contributed by atoms with Gasteiger partial charge in [-0.15, -0.1) is 0 Å². The Morgan fingerprint density at radius 1 is 1.13 bits per heavy atom. The molecule has 0 saturated heterocycles. The molecule has 0 spiro atoms. The zero-order valence-corrected chi connectivity index (χ0v) is 17.4. The molecular formula is C21H19ClN4O5. The van der Waals surface area contributed by atoms with Crippen molar-refractivity contribution < 1.29 is 14.3 Å². The highest BCUT2D eigenvalue weighted by molar-refractivity contribution is 6.31. The summed E-state index contributed by atoms with van der Waals surface area (Å²) in [7, 11) is 1.42. The fraction of sp³-hybridized carbons (Fsp3) is 0.143. The number of H-pyrrole nitrogens is 1. The minimum Gasteiger partial charge on any atom is -0.495 e. The number of anilines is 2. The van der Waals surface area contributed by atoms with Crippen LogP contribution in [0, 0.1) is 0 Å². The summed E-state index contributed by atoms with van der Waals surface area (Å²) in [4.78, 5) is 51.6. The van der Waals surface area contributed by atoms with E-state index < -0.39 is 17.2 Å². The normalized spacial score (nSPS) is 10.4. The Balaban J connectivity index is 1.94. The van der Waals surface area contributed by atoms with E-state index in [2.05, 4.69) is 15.6 Å². The number of ether oxygens (including phenoxy) is 1. The number of nitrogens with one attached hydrogen (secondary N) is 3. The predicted octanol–water partition coefficient (Wildman–Crippen LogP) is 2.46. The molecule has 10 heteroatoms. The van der Waals surface area contributed by atoms with Crippen LogP contribution in [0.1, 0.15) is 22.8 Å². The number of methoxy groups -OCH3 is 1. The summed E-state index contributed by atoms with van der Waals surface area (Å²) >= 11 is 6.12. The van der Waals surface area contributed by atoms with E-state index in [-0.39, 0.29) is 23.7 Å². The van der Waals surface area contributed by atoms with E-state index in [0.29, 0.717) is 22.0 Å². The third kappa shape index (κ3) is 5.01. The highest BCUT2D eigenvalue weighted by atomic mass is 35.5. The summed E-state index contributed by atoms with van der Waals surface area (Å²) in [6.07, 6.45) is 1.05. The molecule has 3 aromatic rings. The summed E-state index contributed by atoms with van der Waals surface area (Å²) in [5, 5.41) is 5.57. The molecule has 31 heavy (non-hydrogen) atoms. The van der Waals surface area contributed by atoms with Crippen molar-refractivity contribution >= 4 is 34.8 Å². The van der Waals surface area contributed by atoms with E-state index in [4.69, 9.17) is 16.3 Å². The Morgan fingerprint density at radius 2 is 1.87 bits per heavy atom. The van der Waals surface area contributed by atoms with Crippen LogP contribution in [-0.4, -0.2) is 28.5 Å². The third-order valence-corrected chi connectivity index (χ3v) is 4.73. The van der Waals surface area contributed by atoms with Gasteiger partial charge in [0.2, 0.25) is 5.91 Å². The summed E-state index contributed by atoms with van der Waals surface area (Å²) < 4.78 is 6.11. The predicted molar refractivity (Wildman–Crippen MR) is 117 cm³/mol. The maximum Gasteiger partial charge on any atom is 0.328 e. The highest BCUT2D eigenvalue weighted by Gasteiger charge is 2.18. The molecule has 0 unspecified atom stereocenters. The number of hydrogen-bond acceptors (Lipinski definition) is 5. The molecule has 0 atom stereocenters. The number of rotatable bonds is 6. The monoisotopic (exact) mass is 442 g/mol. The van der Waals surface area contributed by atoms with Gasteiger partial charge in [-0.1, -0.05) is 29.8 Å². The largest absolute Gasteiger partial charge is 0.495 e. The highest BCUT2D eigenvalue weighted by Crippen LogP contribution is 2.28. The number of carbonyl (C=O) groups excluding carboxylic acids is 2. The average Bonchev–Trinajstić information content (AvgIpc) is 2.72. The fourth-order valence-corrected chi connectivity index (χ4v) is 3.09. The minimum atomic E-state index is -0.779. The second kappa shape index (κ2) is 9.31. The van der Waals surface area contributed by atoms with Crippen molar-refractivity contribution in [2.45, 2.75) is 13.5 Å². The smallest absolute Gasteiger partial charge is 0.328 e. The quantitative estimate of drug-likeness (QED) is 0.541. The SMILES string of the molecule is COc1ccc(NC(C)=O)cc1NC(=O)c1c[nH]c(=O)n(Cc2ccccc2Cl)c1=O. The van der Waals surface area contributed by atoms with E-state index in [1.165, 1.54) is 20.1 Å². The second-order valence-electron chi connectivity index (χ2n) is 6.54. The number of halogens is 1. The molecule has 1 heterocycles. The van der Waals surface area contributed by atoms with Gasteiger partial charge in [0, 0.05) is 23.8 Å². The molecular weight excluding hydrogens is 424 g/mol. The second-order valence-corrected chi connectivity index (χ2v) is 6.95. The van der Waals surface area contributed by atoms with Crippen LogP contribution in [0.25, 0.3) is 0 Å². The van der Waals surface area contributed by atoms with Gasteiger partial charge >= 0.3 is 5.69 Å². The first-order valence-electron chi connectivity index (χ1n) is 9.13. The van der Waals surface area contributed by atoms with Crippen molar-refractivity contribution in [1.29, 1.82) is 0 Å². The maximum atomic E-state index is 12.9. The number of amides is 2. The van der Waals surface area contributed by atoms with Gasteiger partial charge in [-0.25, -0.2) is 4.79 Å². The van der Waals surface area contributed by atoms with E-state index in [1.807, 2.05) is 0 Å². The molecule has 9 nitrogen and oxygen atoms in total. The molecule has 3 N–H and O–H groups in total. The number of hydrogen-bond donors (Lipinski definition) is 3. The Labute approximate surface area is 181 Å². The molecule has 1 aromatic heterocycles. The van der Waals surface area contributed by atoms with Crippen LogP contribution in [0.2, 0.25) is 5.02 Å². The van der Waals surface area contributed by atoms with Gasteiger partial charge in [0.25, 0.3) is 11.5 Å². The Hall–Kier alpha value is -3.85. The van der Waals surface area contributed by atoms with Crippen LogP contribution in [-0.2, 0) is 11.3 Å². The van der Waals surface area contributed by atoms with Gasteiger partial charge in [0.05, 0.1) is 19.3 Å². The van der Waals surface area contributed by atoms with Crippen LogP contribution in [0.4, 0.5) is 11.4 Å². The van der Waals surface area contributed by atoms with Crippen LogP contribution >= 0.6 is 11.6 Å². The molecule has 0 aliphatic carbocycles. The lowest BCUT2D eigenvalue weighted by Gasteiger charge is -2.13. The van der Waals surface area contributed by atoms with Gasteiger partial charge in [0.15, 0.2) is 0 Å². The first kappa shape index (κ1) is 21.8. The van der Waals surface area contributed by atoms with Gasteiger partial charge in [-0.05, 0) is 29.8 Å². The molecule has 0 radical (unpaired) electrons. The number of carbonyl (C=O) groups is 2. The maximum absolute atomic E-state index is 12.9. The number of aromatic amines is 1. The van der Waals surface area contributed by atoms with Crippen LogP contribution < -0.4 is 26.6 Å². The van der Waals surface area contributed by atoms with Crippen molar-refractivity contribution in [3.8, 4) is 5.75 Å². The van der Waals surface area contributed by atoms with Crippen molar-refractivity contribution in [2.24, 2.45) is 0 Å². The number of aromatic nitrogens is 2. The lowest BCUT2D eigenvalue weighted by Crippen LogP contribution is -2.39. The van der Waals surface area contributed by atoms with Crippen molar-refractivity contribution in [3.63, 3.8) is 0 Å². The molecule has 2 amide bonds. The summed E-state index contributed by atoms with van der Waals surface area (Å²) in [6.45, 7) is 1.25. The minimum absolute atomic E-state index is 0.101. The van der Waals surface area contributed by atoms with Crippen LogP contribution in [0.3, 0.4) is 0 Å². The first-order chi connectivity index (χ1) is 14.8. The van der Waals surface area contributed by atoms with Gasteiger partial charge < -0.3 is 20.4 Å². The Kier molecular flexibility index (Phi) is 6.56. The summed E-state index contributed by atoms with van der Waals surface area (Å²) in [6, 6.07) is 11.4. The zero-order chi connectivity index (χ0) is 22.5. The van der Waals surface area contributed by atoms with Gasteiger partial charge in [-0.3, -0.25) is 19.0 Å². The number of nitrogens with zero attached hydrogens (tertiary/aromatic N) is 1. The van der Waals surface area contributed by atoms with Crippen LogP contribution in [0.5, 0.6) is 5.75 Å². The third-order valence-electron chi connectivity index (χ3n) is 4.36. The lowest BCUT2D eigenvalue weighted by atomic mass is 10.2. The Morgan fingerprint density at radius 3 is 2.55 bits per heavy atom. The van der Waals surface area contributed by atoms with E-state index in [9.17, 15) is 19.2 Å². The summed E-state index contributed by atoms with van der Waals surface area (Å²) in [5.41, 5.74) is -0.509. The molecule has 0 aliphatic rings. The topological polar surface area (TPSA) is 122 Å². The van der Waals surface area contributed by atoms with Gasteiger partial charge in [-0.2, -0.15) is 0 Å². The van der Waals surface area contributed by atoms with Crippen molar-refractivity contribution in [2.75, 3.05) is 17.7 Å². The number of benzene rings is 2. The molecule has 160 valence electrons. The average molecular weight is 443 g/mol. The fourth-order valence-electron chi connectivity index (χ4n) is 2.89.